The fraction of sp³-hybridized carbons (Fsp3) is 0.762. The Morgan fingerprint density at radius 2 is 2.04 bits per heavy atom. The van der Waals surface area contributed by atoms with Gasteiger partial charge in [0, 0.05) is 6.42 Å². The van der Waals surface area contributed by atoms with E-state index in [4.69, 9.17) is 5.11 Å². The van der Waals surface area contributed by atoms with Crippen LogP contribution in [0.2, 0.25) is 0 Å². The van der Waals surface area contributed by atoms with Crippen molar-refractivity contribution in [3.05, 3.63) is 23.8 Å². The van der Waals surface area contributed by atoms with Crippen LogP contribution in [0.15, 0.2) is 23.8 Å². The second-order valence-electron chi connectivity index (χ2n) is 9.15. The van der Waals surface area contributed by atoms with Crippen LogP contribution in [0.25, 0.3) is 0 Å². The molecule has 0 aromatic heterocycles. The third-order valence-corrected chi connectivity index (χ3v) is 8.00. The lowest BCUT2D eigenvalue weighted by Crippen LogP contribution is -2.49. The van der Waals surface area contributed by atoms with Gasteiger partial charge in [0.1, 0.15) is 0 Å². The minimum absolute atomic E-state index is 0.349. The van der Waals surface area contributed by atoms with Crippen molar-refractivity contribution in [2.75, 3.05) is 0 Å². The summed E-state index contributed by atoms with van der Waals surface area (Å²) in [4.78, 5) is 11.1. The molecule has 2 heteroatoms. The normalized spacial score (nSPS) is 48.2. The second kappa shape index (κ2) is 5.22. The molecule has 0 aromatic carbocycles. The zero-order valence-electron chi connectivity index (χ0n) is 14.6. The first-order valence-corrected chi connectivity index (χ1v) is 9.51. The number of carbonyl (C=O) groups is 1. The lowest BCUT2D eigenvalue weighted by atomic mass is 9.47. The number of allylic oxidation sites excluding steroid dienone is 4. The van der Waals surface area contributed by atoms with Crippen LogP contribution < -0.4 is 0 Å². The van der Waals surface area contributed by atoms with Crippen LogP contribution in [0.3, 0.4) is 0 Å². The van der Waals surface area contributed by atoms with Gasteiger partial charge < -0.3 is 5.11 Å². The van der Waals surface area contributed by atoms with Crippen LogP contribution in [0.5, 0.6) is 0 Å². The fourth-order valence-electron chi connectivity index (χ4n) is 6.64. The van der Waals surface area contributed by atoms with E-state index in [0.717, 1.165) is 30.6 Å². The van der Waals surface area contributed by atoms with Gasteiger partial charge >= 0.3 is 5.97 Å². The number of fused-ring (bicyclic) bond motifs is 5. The first kappa shape index (κ1) is 15.5. The minimum atomic E-state index is -0.627. The van der Waals surface area contributed by atoms with E-state index in [1.165, 1.54) is 32.1 Å². The number of aliphatic carboxylic acids is 1. The Morgan fingerprint density at radius 1 is 1.22 bits per heavy atom. The van der Waals surface area contributed by atoms with E-state index in [1.807, 2.05) is 0 Å². The number of rotatable bonds is 2. The molecule has 23 heavy (non-hydrogen) atoms. The Labute approximate surface area is 140 Å². The van der Waals surface area contributed by atoms with Crippen LogP contribution in [-0.2, 0) is 4.79 Å². The third-order valence-electron chi connectivity index (χ3n) is 8.00. The Hall–Kier alpha value is -1.05. The van der Waals surface area contributed by atoms with Crippen LogP contribution in [0.4, 0.5) is 0 Å². The van der Waals surface area contributed by atoms with Crippen LogP contribution >= 0.6 is 0 Å². The summed E-state index contributed by atoms with van der Waals surface area (Å²) < 4.78 is 0. The summed E-state index contributed by atoms with van der Waals surface area (Å²) in [5, 5.41) is 9.12. The van der Waals surface area contributed by atoms with Crippen molar-refractivity contribution in [1.29, 1.82) is 0 Å². The summed E-state index contributed by atoms with van der Waals surface area (Å²) in [7, 11) is 0. The van der Waals surface area contributed by atoms with Crippen molar-refractivity contribution in [2.24, 2.45) is 34.5 Å². The molecule has 0 radical (unpaired) electrons. The van der Waals surface area contributed by atoms with Gasteiger partial charge in [0.2, 0.25) is 0 Å². The van der Waals surface area contributed by atoms with Gasteiger partial charge in [0.25, 0.3) is 0 Å². The van der Waals surface area contributed by atoms with Crippen LogP contribution in [0, 0.1) is 34.5 Å². The van der Waals surface area contributed by atoms with Gasteiger partial charge in [-0.1, -0.05) is 37.6 Å². The number of hydrogen-bond donors (Lipinski definition) is 1. The summed E-state index contributed by atoms with van der Waals surface area (Å²) >= 11 is 0. The molecule has 2 saturated carbocycles. The second-order valence-corrected chi connectivity index (χ2v) is 9.15. The fourth-order valence-corrected chi connectivity index (χ4v) is 6.64. The summed E-state index contributed by atoms with van der Waals surface area (Å²) in [6.07, 6.45) is 16.4. The molecule has 0 bridgehead atoms. The summed E-state index contributed by atoms with van der Waals surface area (Å²) in [5.41, 5.74) is 2.40. The van der Waals surface area contributed by atoms with E-state index in [1.54, 1.807) is 5.57 Å². The van der Waals surface area contributed by atoms with Gasteiger partial charge in [0.15, 0.2) is 0 Å². The Morgan fingerprint density at radius 3 is 2.83 bits per heavy atom. The van der Waals surface area contributed by atoms with Crippen molar-refractivity contribution in [3.8, 4) is 0 Å². The van der Waals surface area contributed by atoms with E-state index >= 15 is 0 Å². The Bertz CT molecular complexity index is 574. The van der Waals surface area contributed by atoms with E-state index < -0.39 is 5.97 Å². The molecule has 4 aliphatic rings. The van der Waals surface area contributed by atoms with E-state index in [-0.39, 0.29) is 0 Å². The lowest BCUT2D eigenvalue weighted by molar-refractivity contribution is -0.138. The standard InChI is InChI=1S/C21H30O2/c1-20-9-3-4-17(20)16-6-5-15-12-14(13-19(22)23)7-11-21(15,2)18(16)8-10-20/h3,5,9,14,16-18H,4,6-8,10-13H2,1-2H3,(H,22,23)/t14-,16-,17-,18-,20-,21-/m0/s1. The molecule has 6 atom stereocenters. The number of hydrogen-bond acceptors (Lipinski definition) is 1. The smallest absolute Gasteiger partial charge is 0.303 e. The van der Waals surface area contributed by atoms with Crippen molar-refractivity contribution in [2.45, 2.75) is 65.2 Å². The predicted octanol–water partition coefficient (Wildman–Crippen LogP) is 5.21. The molecule has 0 spiro atoms. The third kappa shape index (κ3) is 2.32. The molecule has 0 aromatic rings. The van der Waals surface area contributed by atoms with E-state index in [2.05, 4.69) is 32.1 Å². The molecule has 1 N–H and O–H groups in total. The van der Waals surface area contributed by atoms with Crippen molar-refractivity contribution < 1.29 is 9.90 Å². The summed E-state index contributed by atoms with van der Waals surface area (Å²) in [5.74, 6) is 2.25. The predicted molar refractivity (Wildman–Crippen MR) is 92.0 cm³/mol. The Kier molecular flexibility index (Phi) is 3.52. The highest BCUT2D eigenvalue weighted by Crippen LogP contribution is 2.63. The van der Waals surface area contributed by atoms with Crippen LogP contribution in [0.1, 0.15) is 65.2 Å². The van der Waals surface area contributed by atoms with E-state index in [0.29, 0.717) is 23.2 Å². The maximum Gasteiger partial charge on any atom is 0.303 e. The molecule has 0 aliphatic heterocycles. The highest BCUT2D eigenvalue weighted by molar-refractivity contribution is 5.67. The zero-order valence-corrected chi connectivity index (χ0v) is 14.6. The molecular formula is C21H30O2. The maximum atomic E-state index is 11.1. The van der Waals surface area contributed by atoms with Gasteiger partial charge in [0.05, 0.1) is 0 Å². The van der Waals surface area contributed by atoms with Crippen LogP contribution in [-0.4, -0.2) is 11.1 Å². The lowest BCUT2D eigenvalue weighted by Gasteiger charge is -2.57. The number of carboxylic acids is 1. The zero-order chi connectivity index (χ0) is 16.2. The molecule has 2 nitrogen and oxygen atoms in total. The van der Waals surface area contributed by atoms with Gasteiger partial charge in [-0.05, 0) is 79.4 Å². The topological polar surface area (TPSA) is 37.3 Å². The highest BCUT2D eigenvalue weighted by atomic mass is 16.4. The quantitative estimate of drug-likeness (QED) is 0.711. The first-order chi connectivity index (χ1) is 10.9. The van der Waals surface area contributed by atoms with Crippen molar-refractivity contribution in [3.63, 3.8) is 0 Å². The SMILES string of the molecule is C[C@@]12C=CC[C@H]1[C@@H]1CC=C3C[C@@H](CC(=O)O)CC[C@]3(C)[C@H]1CC2. The molecule has 0 unspecified atom stereocenters. The maximum absolute atomic E-state index is 11.1. The average Bonchev–Trinajstić information content (AvgIpc) is 2.89. The van der Waals surface area contributed by atoms with E-state index in [9.17, 15) is 4.79 Å². The van der Waals surface area contributed by atoms with Gasteiger partial charge in [-0.3, -0.25) is 4.79 Å². The number of carboxylic acid groups (broad SMARTS) is 1. The largest absolute Gasteiger partial charge is 0.481 e. The molecule has 4 rings (SSSR count). The van der Waals surface area contributed by atoms with Crippen molar-refractivity contribution >= 4 is 5.97 Å². The molecule has 2 fully saturated rings. The minimum Gasteiger partial charge on any atom is -0.481 e. The Balaban J connectivity index is 1.59. The molecule has 0 heterocycles. The molecular weight excluding hydrogens is 284 g/mol. The van der Waals surface area contributed by atoms with Gasteiger partial charge in [-0.15, -0.1) is 0 Å². The van der Waals surface area contributed by atoms with Gasteiger partial charge in [-0.25, -0.2) is 0 Å². The summed E-state index contributed by atoms with van der Waals surface area (Å²) in [6.45, 7) is 4.97. The monoisotopic (exact) mass is 314 g/mol. The highest BCUT2D eigenvalue weighted by Gasteiger charge is 2.54. The molecule has 126 valence electrons. The summed E-state index contributed by atoms with van der Waals surface area (Å²) in [6, 6.07) is 0. The molecule has 4 aliphatic carbocycles. The van der Waals surface area contributed by atoms with Gasteiger partial charge in [-0.2, -0.15) is 0 Å². The molecule has 0 amide bonds. The van der Waals surface area contributed by atoms with Crippen molar-refractivity contribution in [1.82, 2.24) is 0 Å². The first-order valence-electron chi connectivity index (χ1n) is 9.51. The molecule has 0 saturated heterocycles. The average molecular weight is 314 g/mol.